The number of piperidine rings is 1. The van der Waals surface area contributed by atoms with Gasteiger partial charge in [-0.3, -0.25) is 9.59 Å². The van der Waals surface area contributed by atoms with E-state index in [-0.39, 0.29) is 23.8 Å². The van der Waals surface area contributed by atoms with E-state index in [1.54, 1.807) is 18.2 Å². The largest absolute Gasteiger partial charge is 0.339 e. The summed E-state index contributed by atoms with van der Waals surface area (Å²) in [4.78, 5) is 43.9. The van der Waals surface area contributed by atoms with Crippen molar-refractivity contribution in [1.82, 2.24) is 14.7 Å². The SMILES string of the molecule is O=C(Nc1ccc(Cl)cc1C(=O)N1CCCC1)C1CCN(C(=O)N2CCCC2)CC1. The molecule has 0 saturated carbocycles. The van der Waals surface area contributed by atoms with E-state index in [0.717, 1.165) is 51.9 Å². The normalized spacial score (nSPS) is 20.0. The zero-order valence-electron chi connectivity index (χ0n) is 17.2. The van der Waals surface area contributed by atoms with Gasteiger partial charge in [0.1, 0.15) is 0 Å². The molecule has 8 heteroatoms. The summed E-state index contributed by atoms with van der Waals surface area (Å²) in [6, 6.07) is 5.13. The van der Waals surface area contributed by atoms with Crippen molar-refractivity contribution in [3.05, 3.63) is 28.8 Å². The summed E-state index contributed by atoms with van der Waals surface area (Å²) in [5.41, 5.74) is 0.955. The Kier molecular flexibility index (Phi) is 6.46. The van der Waals surface area contributed by atoms with E-state index in [1.165, 1.54) is 0 Å². The van der Waals surface area contributed by atoms with Crippen LogP contribution in [-0.4, -0.2) is 71.8 Å². The fourth-order valence-corrected chi connectivity index (χ4v) is 4.74. The maximum absolute atomic E-state index is 12.9. The lowest BCUT2D eigenvalue weighted by Gasteiger charge is -2.34. The quantitative estimate of drug-likeness (QED) is 0.795. The van der Waals surface area contributed by atoms with E-state index in [1.807, 2.05) is 14.7 Å². The molecular formula is C22H29ClN4O3. The number of rotatable bonds is 3. The number of nitrogens with one attached hydrogen (secondary N) is 1. The van der Waals surface area contributed by atoms with Crippen molar-refractivity contribution in [2.75, 3.05) is 44.6 Å². The van der Waals surface area contributed by atoms with Crippen molar-refractivity contribution in [1.29, 1.82) is 0 Å². The molecule has 162 valence electrons. The third kappa shape index (κ3) is 4.56. The van der Waals surface area contributed by atoms with Gasteiger partial charge in [-0.2, -0.15) is 0 Å². The highest BCUT2D eigenvalue weighted by Gasteiger charge is 2.31. The van der Waals surface area contributed by atoms with Gasteiger partial charge in [0.25, 0.3) is 5.91 Å². The van der Waals surface area contributed by atoms with Crippen molar-refractivity contribution in [2.45, 2.75) is 38.5 Å². The number of halogens is 1. The summed E-state index contributed by atoms with van der Waals surface area (Å²) in [5, 5.41) is 3.43. The van der Waals surface area contributed by atoms with Gasteiger partial charge in [0.05, 0.1) is 11.3 Å². The molecule has 4 rings (SSSR count). The van der Waals surface area contributed by atoms with Crippen LogP contribution in [-0.2, 0) is 4.79 Å². The molecule has 4 amide bonds. The number of carbonyl (C=O) groups is 3. The van der Waals surface area contributed by atoms with E-state index in [2.05, 4.69) is 5.32 Å². The Morgan fingerprint density at radius 3 is 2.03 bits per heavy atom. The van der Waals surface area contributed by atoms with E-state index >= 15 is 0 Å². The molecule has 3 fully saturated rings. The molecule has 1 aromatic carbocycles. The van der Waals surface area contributed by atoms with Crippen LogP contribution in [0.2, 0.25) is 5.02 Å². The minimum absolute atomic E-state index is 0.0867. The molecule has 30 heavy (non-hydrogen) atoms. The van der Waals surface area contributed by atoms with Gasteiger partial charge in [-0.05, 0) is 56.7 Å². The summed E-state index contributed by atoms with van der Waals surface area (Å²) in [7, 11) is 0. The van der Waals surface area contributed by atoms with Gasteiger partial charge >= 0.3 is 6.03 Å². The zero-order chi connectivity index (χ0) is 21.1. The third-order valence-electron chi connectivity index (χ3n) is 6.38. The highest BCUT2D eigenvalue weighted by molar-refractivity contribution is 6.31. The Morgan fingerprint density at radius 1 is 0.833 bits per heavy atom. The van der Waals surface area contributed by atoms with Gasteiger partial charge in [-0.15, -0.1) is 0 Å². The van der Waals surface area contributed by atoms with Crippen LogP contribution in [0.1, 0.15) is 48.9 Å². The zero-order valence-corrected chi connectivity index (χ0v) is 18.0. The predicted octanol–water partition coefficient (Wildman–Crippen LogP) is 3.44. The molecule has 1 N–H and O–H groups in total. The van der Waals surface area contributed by atoms with Crippen LogP contribution in [0.25, 0.3) is 0 Å². The predicted molar refractivity (Wildman–Crippen MR) is 116 cm³/mol. The van der Waals surface area contributed by atoms with Crippen molar-refractivity contribution in [2.24, 2.45) is 5.92 Å². The first-order valence-corrected chi connectivity index (χ1v) is 11.3. The molecule has 3 saturated heterocycles. The van der Waals surface area contributed by atoms with Gasteiger partial charge in [-0.1, -0.05) is 11.6 Å². The maximum atomic E-state index is 12.9. The van der Waals surface area contributed by atoms with Gasteiger partial charge in [0, 0.05) is 50.2 Å². The van der Waals surface area contributed by atoms with E-state index in [4.69, 9.17) is 11.6 Å². The van der Waals surface area contributed by atoms with Crippen LogP contribution in [0.4, 0.5) is 10.5 Å². The first-order chi connectivity index (χ1) is 14.5. The molecule has 3 heterocycles. The molecule has 3 aliphatic rings. The maximum Gasteiger partial charge on any atom is 0.319 e. The lowest BCUT2D eigenvalue weighted by molar-refractivity contribution is -0.121. The first-order valence-electron chi connectivity index (χ1n) is 11.0. The molecule has 0 aromatic heterocycles. The van der Waals surface area contributed by atoms with Gasteiger partial charge < -0.3 is 20.0 Å². The molecule has 0 radical (unpaired) electrons. The molecule has 0 unspecified atom stereocenters. The number of benzene rings is 1. The first kappa shape index (κ1) is 21.0. The lowest BCUT2D eigenvalue weighted by atomic mass is 9.95. The average Bonchev–Trinajstić information content (AvgIpc) is 3.48. The van der Waals surface area contributed by atoms with Crippen molar-refractivity contribution >= 4 is 35.1 Å². The molecule has 0 aliphatic carbocycles. The molecule has 0 spiro atoms. The Morgan fingerprint density at radius 2 is 1.40 bits per heavy atom. The highest BCUT2D eigenvalue weighted by Crippen LogP contribution is 2.26. The van der Waals surface area contributed by atoms with E-state index in [0.29, 0.717) is 42.2 Å². The Labute approximate surface area is 182 Å². The summed E-state index contributed by atoms with van der Waals surface area (Å²) in [6.45, 7) is 4.33. The van der Waals surface area contributed by atoms with Gasteiger partial charge in [0.15, 0.2) is 0 Å². The second kappa shape index (κ2) is 9.25. The summed E-state index contributed by atoms with van der Waals surface area (Å²) >= 11 is 6.13. The highest BCUT2D eigenvalue weighted by atomic mass is 35.5. The minimum Gasteiger partial charge on any atom is -0.339 e. The number of nitrogens with zero attached hydrogens (tertiary/aromatic N) is 3. The van der Waals surface area contributed by atoms with Gasteiger partial charge in [-0.25, -0.2) is 4.79 Å². The smallest absolute Gasteiger partial charge is 0.319 e. The molecule has 0 atom stereocenters. The number of carbonyl (C=O) groups excluding carboxylic acids is 3. The summed E-state index contributed by atoms with van der Waals surface area (Å²) in [5.74, 6) is -0.351. The van der Waals surface area contributed by atoms with Crippen LogP contribution in [0.15, 0.2) is 18.2 Å². The third-order valence-corrected chi connectivity index (χ3v) is 6.61. The number of likely N-dealkylation sites (tertiary alicyclic amines) is 3. The fraction of sp³-hybridized carbons (Fsp3) is 0.591. The molecule has 0 bridgehead atoms. The minimum atomic E-state index is -0.168. The van der Waals surface area contributed by atoms with Crippen LogP contribution < -0.4 is 5.32 Å². The second-order valence-corrected chi connectivity index (χ2v) is 8.85. The van der Waals surface area contributed by atoms with Crippen LogP contribution in [0, 0.1) is 5.92 Å². The second-order valence-electron chi connectivity index (χ2n) is 8.42. The monoisotopic (exact) mass is 432 g/mol. The number of amides is 4. The standard InChI is InChI=1S/C22H29ClN4O3/c23-17-5-6-19(18(15-17)21(29)25-9-1-2-10-25)24-20(28)16-7-13-27(14-8-16)22(30)26-11-3-4-12-26/h5-6,15-16H,1-4,7-14H2,(H,24,28). The van der Waals surface area contributed by atoms with Crippen LogP contribution >= 0.6 is 11.6 Å². The number of hydrogen-bond donors (Lipinski definition) is 1. The number of urea groups is 1. The molecule has 1 aromatic rings. The van der Waals surface area contributed by atoms with Crippen molar-refractivity contribution < 1.29 is 14.4 Å². The average molecular weight is 433 g/mol. The Bertz CT molecular complexity index is 811. The molecule has 7 nitrogen and oxygen atoms in total. The summed E-state index contributed by atoms with van der Waals surface area (Å²) < 4.78 is 0. The van der Waals surface area contributed by atoms with E-state index in [9.17, 15) is 14.4 Å². The Hall–Kier alpha value is -2.28. The van der Waals surface area contributed by atoms with Crippen molar-refractivity contribution in [3.63, 3.8) is 0 Å². The van der Waals surface area contributed by atoms with Gasteiger partial charge in [0.2, 0.25) is 5.91 Å². The number of hydrogen-bond acceptors (Lipinski definition) is 3. The molecular weight excluding hydrogens is 404 g/mol. The Balaban J connectivity index is 1.37. The summed E-state index contributed by atoms with van der Waals surface area (Å²) in [6.07, 6.45) is 5.42. The lowest BCUT2D eigenvalue weighted by Crippen LogP contribution is -2.47. The van der Waals surface area contributed by atoms with Crippen molar-refractivity contribution in [3.8, 4) is 0 Å². The van der Waals surface area contributed by atoms with Crippen LogP contribution in [0.5, 0.6) is 0 Å². The topological polar surface area (TPSA) is 73.0 Å². The molecule has 3 aliphatic heterocycles. The van der Waals surface area contributed by atoms with Crippen LogP contribution in [0.3, 0.4) is 0 Å². The fourth-order valence-electron chi connectivity index (χ4n) is 4.57. The number of anilines is 1. The van der Waals surface area contributed by atoms with E-state index < -0.39 is 0 Å².